The molecule has 4 nitrogen and oxygen atoms in total. The minimum atomic E-state index is -1.24. The van der Waals surface area contributed by atoms with Crippen molar-refractivity contribution in [1.82, 2.24) is 0 Å². The van der Waals surface area contributed by atoms with Gasteiger partial charge in [-0.3, -0.25) is 4.21 Å². The van der Waals surface area contributed by atoms with Crippen molar-refractivity contribution in [1.29, 1.82) is 0 Å². The van der Waals surface area contributed by atoms with E-state index in [0.717, 1.165) is 12.8 Å². The second kappa shape index (κ2) is 5.42. The van der Waals surface area contributed by atoms with Crippen LogP contribution >= 0.6 is 0 Å². The summed E-state index contributed by atoms with van der Waals surface area (Å²) in [4.78, 5) is 0.498. The number of ether oxygens (including phenoxy) is 2. The van der Waals surface area contributed by atoms with Crippen LogP contribution in [0, 0.1) is 5.82 Å². The highest BCUT2D eigenvalue weighted by atomic mass is 32.2. The van der Waals surface area contributed by atoms with Crippen molar-refractivity contribution in [3.05, 3.63) is 24.0 Å². The predicted octanol–water partition coefficient (Wildman–Crippen LogP) is 1.85. The van der Waals surface area contributed by atoms with Gasteiger partial charge < -0.3 is 15.2 Å². The third kappa shape index (κ3) is 2.60. The van der Waals surface area contributed by atoms with Crippen molar-refractivity contribution in [3.63, 3.8) is 0 Å². The van der Waals surface area contributed by atoms with E-state index in [1.54, 1.807) is 6.07 Å². The molecule has 3 rings (SSSR count). The minimum Gasteiger partial charge on any atom is -0.396 e. The fourth-order valence-corrected chi connectivity index (χ4v) is 4.43. The highest BCUT2D eigenvalue weighted by molar-refractivity contribution is 7.85. The molecule has 0 saturated carbocycles. The van der Waals surface area contributed by atoms with Gasteiger partial charge in [-0.2, -0.15) is 0 Å². The van der Waals surface area contributed by atoms with Gasteiger partial charge in [-0.25, -0.2) is 4.39 Å². The molecule has 0 bridgehead atoms. The zero-order valence-corrected chi connectivity index (χ0v) is 12.0. The summed E-state index contributed by atoms with van der Waals surface area (Å²) in [6, 6.07) is 4.39. The SMILES string of the molecule is Nc1ccc(S(=O)C2CCOC3(CCOC3)C2)cc1F. The fourth-order valence-electron chi connectivity index (χ4n) is 2.85. The highest BCUT2D eigenvalue weighted by Crippen LogP contribution is 2.36. The normalized spacial score (nSPS) is 31.6. The van der Waals surface area contributed by atoms with E-state index in [9.17, 15) is 8.60 Å². The maximum absolute atomic E-state index is 13.5. The Morgan fingerprint density at radius 2 is 2.25 bits per heavy atom. The van der Waals surface area contributed by atoms with E-state index in [1.807, 2.05) is 0 Å². The molecule has 2 N–H and O–H groups in total. The van der Waals surface area contributed by atoms with Gasteiger partial charge in [-0.05, 0) is 31.0 Å². The fraction of sp³-hybridized carbons (Fsp3) is 0.571. The maximum Gasteiger partial charge on any atom is 0.147 e. The molecule has 0 aliphatic carbocycles. The van der Waals surface area contributed by atoms with Gasteiger partial charge in [0.15, 0.2) is 0 Å². The summed E-state index contributed by atoms with van der Waals surface area (Å²) in [6.45, 7) is 1.84. The van der Waals surface area contributed by atoms with E-state index < -0.39 is 16.6 Å². The molecule has 2 heterocycles. The molecule has 0 aromatic heterocycles. The lowest BCUT2D eigenvalue weighted by Crippen LogP contribution is -2.43. The Balaban J connectivity index is 1.77. The first-order valence-corrected chi connectivity index (χ1v) is 7.98. The molecular formula is C14H18FNO3S. The van der Waals surface area contributed by atoms with Crippen molar-refractivity contribution in [2.45, 2.75) is 35.0 Å². The largest absolute Gasteiger partial charge is 0.396 e. The summed E-state index contributed by atoms with van der Waals surface area (Å²) in [7, 11) is -1.24. The van der Waals surface area contributed by atoms with Crippen LogP contribution in [-0.4, -0.2) is 34.9 Å². The summed E-state index contributed by atoms with van der Waals surface area (Å²) < 4.78 is 37.3. The first kappa shape index (κ1) is 14.0. The van der Waals surface area contributed by atoms with Gasteiger partial charge in [0, 0.05) is 29.8 Å². The van der Waals surface area contributed by atoms with Crippen LogP contribution in [-0.2, 0) is 20.3 Å². The Bertz CT molecular complexity index is 531. The first-order chi connectivity index (χ1) is 9.60. The molecule has 3 atom stereocenters. The van der Waals surface area contributed by atoms with Gasteiger partial charge in [-0.1, -0.05) is 0 Å². The van der Waals surface area contributed by atoms with Gasteiger partial charge in [0.2, 0.25) is 0 Å². The molecule has 1 spiro atoms. The Morgan fingerprint density at radius 3 is 2.95 bits per heavy atom. The Morgan fingerprint density at radius 1 is 1.40 bits per heavy atom. The molecule has 2 fully saturated rings. The van der Waals surface area contributed by atoms with Crippen LogP contribution in [0.25, 0.3) is 0 Å². The second-order valence-electron chi connectivity index (χ2n) is 5.43. The number of nitrogens with two attached hydrogens (primary N) is 1. The number of benzene rings is 1. The van der Waals surface area contributed by atoms with E-state index in [1.165, 1.54) is 12.1 Å². The number of halogens is 1. The summed E-state index contributed by atoms with van der Waals surface area (Å²) >= 11 is 0. The summed E-state index contributed by atoms with van der Waals surface area (Å²) in [6.07, 6.45) is 2.27. The Kier molecular flexibility index (Phi) is 3.79. The van der Waals surface area contributed by atoms with Gasteiger partial charge in [0.05, 0.1) is 28.7 Å². The topological polar surface area (TPSA) is 61.6 Å². The van der Waals surface area contributed by atoms with E-state index in [2.05, 4.69) is 0 Å². The predicted molar refractivity (Wildman–Crippen MR) is 74.4 cm³/mol. The first-order valence-electron chi connectivity index (χ1n) is 6.77. The number of hydrogen-bond acceptors (Lipinski definition) is 4. The van der Waals surface area contributed by atoms with Crippen molar-refractivity contribution >= 4 is 16.5 Å². The number of hydrogen-bond donors (Lipinski definition) is 1. The quantitative estimate of drug-likeness (QED) is 0.847. The summed E-state index contributed by atoms with van der Waals surface area (Å²) in [5.41, 5.74) is 5.25. The van der Waals surface area contributed by atoms with Crippen LogP contribution in [0.1, 0.15) is 19.3 Å². The monoisotopic (exact) mass is 299 g/mol. The Labute approximate surface area is 119 Å². The van der Waals surface area contributed by atoms with Gasteiger partial charge in [0.1, 0.15) is 5.82 Å². The summed E-state index contributed by atoms with van der Waals surface area (Å²) in [5, 5.41) is -0.0199. The lowest BCUT2D eigenvalue weighted by molar-refractivity contribution is -0.0774. The molecule has 1 aromatic carbocycles. The van der Waals surface area contributed by atoms with Gasteiger partial charge in [-0.15, -0.1) is 0 Å². The molecule has 2 aliphatic rings. The zero-order chi connectivity index (χ0) is 14.2. The van der Waals surface area contributed by atoms with Crippen molar-refractivity contribution in [2.24, 2.45) is 0 Å². The number of nitrogen functional groups attached to an aromatic ring is 1. The molecule has 2 saturated heterocycles. The molecule has 20 heavy (non-hydrogen) atoms. The molecular weight excluding hydrogens is 281 g/mol. The summed E-state index contributed by atoms with van der Waals surface area (Å²) in [5.74, 6) is -0.512. The van der Waals surface area contributed by atoms with Crippen molar-refractivity contribution < 1.29 is 18.1 Å². The molecule has 0 radical (unpaired) electrons. The smallest absolute Gasteiger partial charge is 0.147 e. The van der Waals surface area contributed by atoms with Gasteiger partial charge in [0.25, 0.3) is 0 Å². The lowest BCUT2D eigenvalue weighted by atomic mass is 9.93. The molecule has 110 valence electrons. The van der Waals surface area contributed by atoms with E-state index in [0.29, 0.717) is 31.1 Å². The lowest BCUT2D eigenvalue weighted by Gasteiger charge is -2.36. The average molecular weight is 299 g/mol. The number of anilines is 1. The van der Waals surface area contributed by atoms with E-state index >= 15 is 0 Å². The molecule has 6 heteroatoms. The number of rotatable bonds is 2. The van der Waals surface area contributed by atoms with Crippen LogP contribution in [0.4, 0.5) is 10.1 Å². The van der Waals surface area contributed by atoms with E-state index in [-0.39, 0.29) is 16.5 Å². The van der Waals surface area contributed by atoms with Crippen LogP contribution in [0.3, 0.4) is 0 Å². The molecule has 0 amide bonds. The van der Waals surface area contributed by atoms with Crippen LogP contribution in [0.2, 0.25) is 0 Å². The Hall–Kier alpha value is -0.980. The van der Waals surface area contributed by atoms with Gasteiger partial charge >= 0.3 is 0 Å². The van der Waals surface area contributed by atoms with E-state index in [4.69, 9.17) is 15.2 Å². The van der Waals surface area contributed by atoms with Crippen molar-refractivity contribution in [3.8, 4) is 0 Å². The molecule has 1 aromatic rings. The zero-order valence-electron chi connectivity index (χ0n) is 11.1. The highest BCUT2D eigenvalue weighted by Gasteiger charge is 2.42. The maximum atomic E-state index is 13.5. The second-order valence-corrected chi connectivity index (χ2v) is 7.16. The molecule has 2 aliphatic heterocycles. The van der Waals surface area contributed by atoms with Crippen LogP contribution in [0.5, 0.6) is 0 Å². The third-order valence-electron chi connectivity index (χ3n) is 4.02. The minimum absolute atomic E-state index is 0.0199. The average Bonchev–Trinajstić information content (AvgIpc) is 2.89. The molecule has 3 unspecified atom stereocenters. The van der Waals surface area contributed by atoms with Crippen molar-refractivity contribution in [2.75, 3.05) is 25.6 Å². The van der Waals surface area contributed by atoms with Crippen LogP contribution < -0.4 is 5.73 Å². The van der Waals surface area contributed by atoms with Crippen LogP contribution in [0.15, 0.2) is 23.1 Å². The standard InChI is InChI=1S/C14H18FNO3S/c15-12-7-10(1-2-13(12)16)20(17)11-3-5-19-14(8-11)4-6-18-9-14/h1-2,7,11H,3-6,8-9,16H2. The third-order valence-corrected chi connectivity index (χ3v) is 5.75.